The molecule has 0 bridgehead atoms. The maximum absolute atomic E-state index is 13.4. The molecule has 0 radical (unpaired) electrons. The van der Waals surface area contributed by atoms with E-state index >= 15 is 0 Å². The maximum Gasteiger partial charge on any atom is 0.194 e. The van der Waals surface area contributed by atoms with Gasteiger partial charge in [-0.2, -0.15) is 0 Å². The van der Waals surface area contributed by atoms with Crippen LogP contribution in [0.5, 0.6) is 0 Å². The SMILES string of the molecule is O=C([O-])[C@@H](CCCCCl)c1ccc(F)c(F)c1F. The Morgan fingerprint density at radius 3 is 2.44 bits per heavy atom. The molecule has 0 aliphatic carbocycles. The molecule has 0 fully saturated rings. The molecule has 0 N–H and O–H groups in total. The molecule has 0 saturated carbocycles. The van der Waals surface area contributed by atoms with Gasteiger partial charge in [0.15, 0.2) is 17.5 Å². The van der Waals surface area contributed by atoms with E-state index in [-0.39, 0.29) is 6.42 Å². The highest BCUT2D eigenvalue weighted by molar-refractivity contribution is 6.17. The molecule has 100 valence electrons. The number of carboxylic acids is 1. The molecule has 0 aliphatic rings. The van der Waals surface area contributed by atoms with Crippen LogP contribution >= 0.6 is 11.6 Å². The predicted molar refractivity (Wildman–Crippen MR) is 58.6 cm³/mol. The van der Waals surface area contributed by atoms with Gasteiger partial charge in [-0.05, 0) is 24.5 Å². The van der Waals surface area contributed by atoms with Gasteiger partial charge in [-0.1, -0.05) is 12.5 Å². The average molecular weight is 280 g/mol. The van der Waals surface area contributed by atoms with Crippen LogP contribution in [0, 0.1) is 17.5 Å². The zero-order valence-electron chi connectivity index (χ0n) is 9.39. The average Bonchev–Trinajstić information content (AvgIpc) is 2.33. The number of alkyl halides is 1. The molecule has 1 aromatic carbocycles. The van der Waals surface area contributed by atoms with Crippen LogP contribution in [-0.2, 0) is 4.79 Å². The summed E-state index contributed by atoms with van der Waals surface area (Å²) >= 11 is 5.44. The maximum atomic E-state index is 13.4. The lowest BCUT2D eigenvalue weighted by Crippen LogP contribution is -2.30. The van der Waals surface area contributed by atoms with Crippen LogP contribution in [-0.4, -0.2) is 11.8 Å². The standard InChI is InChI=1S/C12H12ClF3O2/c13-6-2-1-3-8(12(17)18)7-4-5-9(14)11(16)10(7)15/h4-5,8H,1-3,6H2,(H,17,18)/p-1/t8-/m0/s1. The fraction of sp³-hybridized carbons (Fsp3) is 0.417. The topological polar surface area (TPSA) is 40.1 Å². The number of hydrogen-bond donors (Lipinski definition) is 0. The van der Waals surface area contributed by atoms with Crippen molar-refractivity contribution in [2.45, 2.75) is 25.2 Å². The van der Waals surface area contributed by atoms with Crippen molar-refractivity contribution in [3.8, 4) is 0 Å². The quantitative estimate of drug-likeness (QED) is 0.456. The van der Waals surface area contributed by atoms with Gasteiger partial charge in [0.2, 0.25) is 0 Å². The third kappa shape index (κ3) is 3.38. The Kier molecular flexibility index (Phi) is 5.47. The van der Waals surface area contributed by atoms with Crippen molar-refractivity contribution in [1.82, 2.24) is 0 Å². The van der Waals surface area contributed by atoms with E-state index in [0.29, 0.717) is 24.8 Å². The van der Waals surface area contributed by atoms with E-state index in [2.05, 4.69) is 0 Å². The molecule has 1 aromatic rings. The number of aliphatic carboxylic acids is 1. The minimum absolute atomic E-state index is 0.0665. The molecule has 6 heteroatoms. The van der Waals surface area contributed by atoms with Crippen LogP contribution in [0.3, 0.4) is 0 Å². The monoisotopic (exact) mass is 279 g/mol. The first kappa shape index (κ1) is 14.8. The molecule has 0 aliphatic heterocycles. The minimum atomic E-state index is -1.67. The van der Waals surface area contributed by atoms with Crippen LogP contribution in [0.2, 0.25) is 0 Å². The summed E-state index contributed by atoms with van der Waals surface area (Å²) in [6.07, 6.45) is 1.05. The van der Waals surface area contributed by atoms with Gasteiger partial charge in [-0.15, -0.1) is 11.6 Å². The first-order chi connectivity index (χ1) is 8.49. The number of unbranched alkanes of at least 4 members (excludes halogenated alkanes) is 1. The summed E-state index contributed by atoms with van der Waals surface area (Å²) in [6.45, 7) is 0. The van der Waals surface area contributed by atoms with Gasteiger partial charge in [0.25, 0.3) is 0 Å². The van der Waals surface area contributed by atoms with Crippen molar-refractivity contribution in [2.24, 2.45) is 0 Å². The van der Waals surface area contributed by atoms with Gasteiger partial charge in [0, 0.05) is 17.8 Å². The number of carbonyl (C=O) groups is 1. The highest BCUT2D eigenvalue weighted by Crippen LogP contribution is 2.26. The van der Waals surface area contributed by atoms with E-state index in [1.54, 1.807) is 0 Å². The largest absolute Gasteiger partial charge is 0.549 e. The van der Waals surface area contributed by atoms with E-state index in [1.807, 2.05) is 0 Å². The van der Waals surface area contributed by atoms with E-state index in [1.165, 1.54) is 0 Å². The Morgan fingerprint density at radius 2 is 1.89 bits per heavy atom. The zero-order valence-corrected chi connectivity index (χ0v) is 10.1. The Bertz CT molecular complexity index is 438. The van der Waals surface area contributed by atoms with Crippen molar-refractivity contribution in [1.29, 1.82) is 0 Å². The molecule has 0 aromatic heterocycles. The second-order valence-corrected chi connectivity index (χ2v) is 4.20. The van der Waals surface area contributed by atoms with Crippen LogP contribution in [0.4, 0.5) is 13.2 Å². The molecule has 0 spiro atoms. The molecule has 0 heterocycles. The van der Waals surface area contributed by atoms with Gasteiger partial charge in [-0.3, -0.25) is 0 Å². The number of hydrogen-bond acceptors (Lipinski definition) is 2. The molecule has 1 atom stereocenters. The fourth-order valence-corrected chi connectivity index (χ4v) is 1.84. The van der Waals surface area contributed by atoms with Crippen molar-refractivity contribution < 1.29 is 23.1 Å². The highest BCUT2D eigenvalue weighted by atomic mass is 35.5. The highest BCUT2D eigenvalue weighted by Gasteiger charge is 2.21. The summed E-state index contributed by atoms with van der Waals surface area (Å²) in [4.78, 5) is 10.9. The Labute approximate surface area is 107 Å². The summed E-state index contributed by atoms with van der Waals surface area (Å²) in [5.74, 6) is -6.97. The van der Waals surface area contributed by atoms with Gasteiger partial charge in [-0.25, -0.2) is 13.2 Å². The van der Waals surface area contributed by atoms with Crippen molar-refractivity contribution >= 4 is 17.6 Å². The fourth-order valence-electron chi connectivity index (χ4n) is 1.65. The lowest BCUT2D eigenvalue weighted by molar-refractivity contribution is -0.308. The van der Waals surface area contributed by atoms with Crippen molar-refractivity contribution in [3.63, 3.8) is 0 Å². The van der Waals surface area contributed by atoms with E-state index in [9.17, 15) is 23.1 Å². The van der Waals surface area contributed by atoms with Crippen molar-refractivity contribution in [2.75, 3.05) is 5.88 Å². The Morgan fingerprint density at radius 1 is 1.22 bits per heavy atom. The molecule has 18 heavy (non-hydrogen) atoms. The zero-order chi connectivity index (χ0) is 13.7. The molecule has 0 saturated heterocycles. The first-order valence-electron chi connectivity index (χ1n) is 5.39. The predicted octanol–water partition coefficient (Wildman–Crippen LogP) is 2.35. The molecule has 0 amide bonds. The minimum Gasteiger partial charge on any atom is -0.549 e. The summed E-state index contributed by atoms with van der Waals surface area (Å²) in [5.41, 5.74) is -0.400. The molecule has 1 rings (SSSR count). The lowest BCUT2D eigenvalue weighted by atomic mass is 9.93. The third-order valence-electron chi connectivity index (χ3n) is 2.60. The number of benzene rings is 1. The molecular formula is C12H11ClF3O2-. The second-order valence-electron chi connectivity index (χ2n) is 3.82. The van der Waals surface area contributed by atoms with Crippen LogP contribution in [0.15, 0.2) is 12.1 Å². The number of halogens is 4. The number of rotatable bonds is 6. The molecule has 2 nitrogen and oxygen atoms in total. The summed E-state index contributed by atoms with van der Waals surface area (Å²) < 4.78 is 39.2. The molecular weight excluding hydrogens is 269 g/mol. The van der Waals surface area contributed by atoms with Gasteiger partial charge in [0.1, 0.15) is 0 Å². The van der Waals surface area contributed by atoms with E-state index in [4.69, 9.17) is 11.6 Å². The van der Waals surface area contributed by atoms with Crippen molar-refractivity contribution in [3.05, 3.63) is 35.1 Å². The van der Waals surface area contributed by atoms with Crippen LogP contribution in [0.1, 0.15) is 30.7 Å². The number of carboxylic acid groups (broad SMARTS) is 1. The van der Waals surface area contributed by atoms with Crippen LogP contribution in [0.25, 0.3) is 0 Å². The van der Waals surface area contributed by atoms with Crippen LogP contribution < -0.4 is 5.11 Å². The Balaban J connectivity index is 2.99. The first-order valence-corrected chi connectivity index (χ1v) is 5.92. The summed E-state index contributed by atoms with van der Waals surface area (Å²) in [6, 6.07) is 1.63. The summed E-state index contributed by atoms with van der Waals surface area (Å²) in [5, 5.41) is 10.9. The summed E-state index contributed by atoms with van der Waals surface area (Å²) in [7, 11) is 0. The van der Waals surface area contributed by atoms with Gasteiger partial charge in [0.05, 0.1) is 0 Å². The Hall–Kier alpha value is -1.23. The third-order valence-corrected chi connectivity index (χ3v) is 2.87. The normalized spacial score (nSPS) is 12.4. The van der Waals surface area contributed by atoms with Gasteiger partial charge < -0.3 is 9.90 Å². The number of carbonyl (C=O) groups excluding carboxylic acids is 1. The smallest absolute Gasteiger partial charge is 0.194 e. The second kappa shape index (κ2) is 6.64. The van der Waals surface area contributed by atoms with E-state index < -0.39 is 34.9 Å². The molecule has 0 unspecified atom stereocenters. The van der Waals surface area contributed by atoms with Gasteiger partial charge >= 0.3 is 0 Å². The lowest BCUT2D eigenvalue weighted by Gasteiger charge is -2.19. The van der Waals surface area contributed by atoms with E-state index in [0.717, 1.165) is 6.07 Å².